The van der Waals surface area contributed by atoms with E-state index in [0.717, 1.165) is 54.6 Å². The molecule has 0 N–H and O–H groups in total. The maximum atomic E-state index is 13.5. The van der Waals surface area contributed by atoms with Crippen LogP contribution in [0.5, 0.6) is 11.5 Å². The molecule has 2 heterocycles. The summed E-state index contributed by atoms with van der Waals surface area (Å²) in [5.41, 5.74) is 1.44. The van der Waals surface area contributed by atoms with E-state index in [9.17, 15) is 4.79 Å². The second kappa shape index (κ2) is 10.3. The van der Waals surface area contributed by atoms with Gasteiger partial charge in [0.2, 0.25) is 0 Å². The van der Waals surface area contributed by atoms with Gasteiger partial charge in [-0.1, -0.05) is 11.3 Å². The summed E-state index contributed by atoms with van der Waals surface area (Å²) in [7, 11) is 1.64. The minimum Gasteiger partial charge on any atom is -0.497 e. The number of methoxy groups -OCH3 is 1. The second-order valence-corrected chi connectivity index (χ2v) is 8.94. The van der Waals surface area contributed by atoms with Crippen LogP contribution in [0.1, 0.15) is 24.2 Å². The third-order valence-corrected chi connectivity index (χ3v) is 6.34. The number of rotatable bonds is 8. The summed E-state index contributed by atoms with van der Waals surface area (Å²) < 4.78 is 17.5. The van der Waals surface area contributed by atoms with Crippen LogP contribution in [0, 0.1) is 0 Å². The molecule has 7 nitrogen and oxygen atoms in total. The molecule has 1 aliphatic heterocycles. The van der Waals surface area contributed by atoms with Crippen LogP contribution in [0.4, 0.5) is 5.13 Å². The van der Waals surface area contributed by atoms with Crippen molar-refractivity contribution in [3.63, 3.8) is 0 Å². The van der Waals surface area contributed by atoms with Crippen molar-refractivity contribution < 1.29 is 19.0 Å². The fraction of sp³-hybridized carbons (Fsp3) is 0.417. The Morgan fingerprint density at radius 3 is 2.56 bits per heavy atom. The summed E-state index contributed by atoms with van der Waals surface area (Å²) >= 11 is 1.52. The molecule has 4 rings (SSSR count). The van der Waals surface area contributed by atoms with Crippen LogP contribution in [-0.4, -0.2) is 68.4 Å². The zero-order valence-electron chi connectivity index (χ0n) is 18.7. The lowest BCUT2D eigenvalue weighted by Gasteiger charge is -2.29. The maximum absolute atomic E-state index is 13.5. The van der Waals surface area contributed by atoms with Gasteiger partial charge >= 0.3 is 0 Å². The molecule has 0 spiro atoms. The highest BCUT2D eigenvalue weighted by Gasteiger charge is 2.23. The molecule has 32 heavy (non-hydrogen) atoms. The number of carbonyl (C=O) groups excluding carboxylic acids is 1. The number of fused-ring (bicyclic) bond motifs is 1. The van der Waals surface area contributed by atoms with E-state index in [1.165, 1.54) is 11.3 Å². The normalized spacial score (nSPS) is 14.6. The molecule has 1 aromatic heterocycles. The lowest BCUT2D eigenvalue weighted by Crippen LogP contribution is -2.43. The Bertz CT molecular complexity index is 1050. The van der Waals surface area contributed by atoms with Crippen LogP contribution >= 0.6 is 11.3 Å². The van der Waals surface area contributed by atoms with Gasteiger partial charge in [0, 0.05) is 37.8 Å². The van der Waals surface area contributed by atoms with Crippen molar-refractivity contribution in [3.05, 3.63) is 48.0 Å². The average Bonchev–Trinajstić information content (AvgIpc) is 3.22. The largest absolute Gasteiger partial charge is 0.497 e. The molecule has 8 heteroatoms. The predicted octanol–water partition coefficient (Wildman–Crippen LogP) is 4.07. The molecular formula is C24H29N3O4S. The van der Waals surface area contributed by atoms with Crippen LogP contribution in [0.2, 0.25) is 0 Å². The molecule has 0 aliphatic carbocycles. The van der Waals surface area contributed by atoms with E-state index < -0.39 is 0 Å². The first-order valence-corrected chi connectivity index (χ1v) is 11.7. The van der Waals surface area contributed by atoms with E-state index >= 15 is 0 Å². The zero-order chi connectivity index (χ0) is 22.5. The van der Waals surface area contributed by atoms with Crippen LogP contribution in [0.25, 0.3) is 10.2 Å². The Labute approximate surface area is 192 Å². The quantitative estimate of drug-likeness (QED) is 0.510. The van der Waals surface area contributed by atoms with Crippen molar-refractivity contribution in [2.45, 2.75) is 20.0 Å². The Morgan fingerprint density at radius 1 is 1.16 bits per heavy atom. The molecule has 0 atom stereocenters. The van der Waals surface area contributed by atoms with E-state index in [1.54, 1.807) is 12.0 Å². The monoisotopic (exact) mass is 455 g/mol. The smallest absolute Gasteiger partial charge is 0.260 e. The molecule has 0 bridgehead atoms. The second-order valence-electron chi connectivity index (χ2n) is 7.93. The highest BCUT2D eigenvalue weighted by Crippen LogP contribution is 2.32. The maximum Gasteiger partial charge on any atom is 0.260 e. The minimum atomic E-state index is -0.0691. The third kappa shape index (κ3) is 5.38. The van der Waals surface area contributed by atoms with Crippen molar-refractivity contribution in [1.29, 1.82) is 0 Å². The summed E-state index contributed by atoms with van der Waals surface area (Å²) in [5, 5.41) is 0.689. The number of amides is 1. The third-order valence-electron chi connectivity index (χ3n) is 5.28. The molecular weight excluding hydrogens is 426 g/mol. The van der Waals surface area contributed by atoms with Crippen LogP contribution in [0.3, 0.4) is 0 Å². The number of aromatic nitrogens is 1. The highest BCUT2D eigenvalue weighted by atomic mass is 32.1. The molecule has 1 saturated heterocycles. The van der Waals surface area contributed by atoms with Gasteiger partial charge in [0.25, 0.3) is 5.91 Å². The molecule has 0 unspecified atom stereocenters. The Kier molecular flexibility index (Phi) is 7.24. The Balaban J connectivity index is 1.59. The lowest BCUT2D eigenvalue weighted by atomic mass is 10.2. The SMILES string of the molecule is COc1ccc2sc(N(CCN3CCOCC3)C(=O)c3ccc(OC(C)C)cc3)nc2c1. The molecule has 0 saturated carbocycles. The first kappa shape index (κ1) is 22.5. The van der Waals surface area contributed by atoms with Gasteiger partial charge in [0.05, 0.1) is 36.6 Å². The number of hydrogen-bond acceptors (Lipinski definition) is 7. The first-order valence-electron chi connectivity index (χ1n) is 10.9. The number of anilines is 1. The topological polar surface area (TPSA) is 64.1 Å². The fourth-order valence-corrected chi connectivity index (χ4v) is 4.56. The summed E-state index contributed by atoms with van der Waals surface area (Å²) in [5.74, 6) is 1.44. The van der Waals surface area contributed by atoms with E-state index in [0.29, 0.717) is 17.2 Å². The number of morpholine rings is 1. The van der Waals surface area contributed by atoms with Crippen LogP contribution in [0.15, 0.2) is 42.5 Å². The van der Waals surface area contributed by atoms with Gasteiger partial charge in [-0.2, -0.15) is 0 Å². The number of carbonyl (C=O) groups is 1. The van der Waals surface area contributed by atoms with Gasteiger partial charge in [0.15, 0.2) is 5.13 Å². The summed E-state index contributed by atoms with van der Waals surface area (Å²) in [6.07, 6.45) is 0.0845. The lowest BCUT2D eigenvalue weighted by molar-refractivity contribution is 0.0391. The van der Waals surface area contributed by atoms with Gasteiger partial charge in [-0.05, 0) is 50.2 Å². The number of hydrogen-bond donors (Lipinski definition) is 0. The van der Waals surface area contributed by atoms with Gasteiger partial charge in [-0.3, -0.25) is 14.6 Å². The zero-order valence-corrected chi connectivity index (χ0v) is 19.6. The van der Waals surface area contributed by atoms with Crippen molar-refractivity contribution in [3.8, 4) is 11.5 Å². The van der Waals surface area contributed by atoms with Crippen LogP contribution in [-0.2, 0) is 4.74 Å². The van der Waals surface area contributed by atoms with Gasteiger partial charge < -0.3 is 14.2 Å². The molecule has 1 amide bonds. The van der Waals surface area contributed by atoms with Crippen molar-refractivity contribution in [2.24, 2.45) is 0 Å². The molecule has 0 radical (unpaired) electrons. The Morgan fingerprint density at radius 2 is 1.88 bits per heavy atom. The highest BCUT2D eigenvalue weighted by molar-refractivity contribution is 7.22. The summed E-state index contributed by atoms with van der Waals surface area (Å²) in [6, 6.07) is 13.1. The fourth-order valence-electron chi connectivity index (χ4n) is 3.59. The molecule has 3 aromatic rings. The minimum absolute atomic E-state index is 0.0691. The van der Waals surface area contributed by atoms with Gasteiger partial charge in [-0.25, -0.2) is 4.98 Å². The number of benzene rings is 2. The van der Waals surface area contributed by atoms with Crippen LogP contribution < -0.4 is 14.4 Å². The average molecular weight is 456 g/mol. The number of ether oxygens (including phenoxy) is 3. The first-order chi connectivity index (χ1) is 15.5. The van der Waals surface area contributed by atoms with E-state index in [-0.39, 0.29) is 12.0 Å². The van der Waals surface area contributed by atoms with Crippen molar-refractivity contribution >= 4 is 32.6 Å². The van der Waals surface area contributed by atoms with Crippen molar-refractivity contribution in [2.75, 3.05) is 51.4 Å². The van der Waals surface area contributed by atoms with E-state index in [4.69, 9.17) is 19.2 Å². The summed E-state index contributed by atoms with van der Waals surface area (Å²) in [6.45, 7) is 8.49. The standard InChI is InChI=1S/C24H29N3O4S/c1-17(2)31-19-6-4-18(5-7-19)23(28)27(11-10-26-12-14-30-15-13-26)24-25-21-16-20(29-3)8-9-22(21)32-24/h4-9,16-17H,10-15H2,1-3H3. The van der Waals surface area contributed by atoms with Gasteiger partial charge in [0.1, 0.15) is 11.5 Å². The van der Waals surface area contributed by atoms with E-state index in [1.807, 2.05) is 56.3 Å². The number of thiazole rings is 1. The van der Waals surface area contributed by atoms with Crippen molar-refractivity contribution in [1.82, 2.24) is 9.88 Å². The molecule has 1 aliphatic rings. The van der Waals surface area contributed by atoms with Gasteiger partial charge in [-0.15, -0.1) is 0 Å². The summed E-state index contributed by atoms with van der Waals surface area (Å²) in [4.78, 5) is 22.4. The number of nitrogens with zero attached hydrogens (tertiary/aromatic N) is 3. The molecule has 2 aromatic carbocycles. The molecule has 170 valence electrons. The Hall–Kier alpha value is -2.68. The molecule has 1 fully saturated rings. The van der Waals surface area contributed by atoms with E-state index in [2.05, 4.69) is 4.90 Å². The predicted molar refractivity (Wildman–Crippen MR) is 127 cm³/mol.